The third-order valence-corrected chi connectivity index (χ3v) is 4.43. The molecule has 1 aromatic carbocycles. The zero-order valence-electron chi connectivity index (χ0n) is 13.1. The van der Waals surface area contributed by atoms with Crippen molar-refractivity contribution in [1.29, 1.82) is 0 Å². The molecule has 0 bridgehead atoms. The predicted molar refractivity (Wildman–Crippen MR) is 87.3 cm³/mol. The Balaban J connectivity index is 1.89. The standard InChI is InChI=1S/C17H27N3O/c1-3-20(15-10-8-14(18)9-11-15)12-17(21)19-16-7-5-4-6-13(16)2/h4-7,14-15H,3,8-12,18H2,1-2H3,(H,19,21). The fourth-order valence-electron chi connectivity index (χ4n) is 3.05. The predicted octanol–water partition coefficient (Wildman–Crippen LogP) is 2.53. The van der Waals surface area contributed by atoms with E-state index in [1.807, 2.05) is 31.2 Å². The maximum Gasteiger partial charge on any atom is 0.238 e. The quantitative estimate of drug-likeness (QED) is 0.875. The Morgan fingerprint density at radius 3 is 2.57 bits per heavy atom. The molecule has 1 fully saturated rings. The van der Waals surface area contributed by atoms with Gasteiger partial charge in [-0.3, -0.25) is 9.69 Å². The zero-order valence-corrected chi connectivity index (χ0v) is 13.1. The molecule has 21 heavy (non-hydrogen) atoms. The lowest BCUT2D eigenvalue weighted by molar-refractivity contribution is -0.118. The first kappa shape index (κ1) is 16.0. The minimum atomic E-state index is 0.0704. The van der Waals surface area contributed by atoms with Crippen LogP contribution in [0.4, 0.5) is 5.69 Å². The monoisotopic (exact) mass is 289 g/mol. The number of aryl methyl sites for hydroxylation is 1. The summed E-state index contributed by atoms with van der Waals surface area (Å²) in [7, 11) is 0. The number of amides is 1. The molecule has 0 atom stereocenters. The number of nitrogens with one attached hydrogen (secondary N) is 1. The van der Waals surface area contributed by atoms with E-state index in [1.165, 1.54) is 0 Å². The summed E-state index contributed by atoms with van der Waals surface area (Å²) in [5.41, 5.74) is 7.96. The van der Waals surface area contributed by atoms with Crippen LogP contribution in [0.15, 0.2) is 24.3 Å². The van der Waals surface area contributed by atoms with Crippen molar-refractivity contribution in [1.82, 2.24) is 4.90 Å². The number of benzene rings is 1. The fourth-order valence-corrected chi connectivity index (χ4v) is 3.05. The number of likely N-dealkylation sites (N-methyl/N-ethyl adjacent to an activating group) is 1. The smallest absolute Gasteiger partial charge is 0.238 e. The van der Waals surface area contributed by atoms with Crippen LogP contribution in [-0.4, -0.2) is 36.0 Å². The van der Waals surface area contributed by atoms with Crippen LogP contribution < -0.4 is 11.1 Å². The summed E-state index contributed by atoms with van der Waals surface area (Å²) in [4.78, 5) is 14.5. The largest absolute Gasteiger partial charge is 0.328 e. The third-order valence-electron chi connectivity index (χ3n) is 4.43. The van der Waals surface area contributed by atoms with Gasteiger partial charge in [-0.05, 0) is 50.8 Å². The molecule has 1 saturated carbocycles. The molecule has 0 unspecified atom stereocenters. The maximum absolute atomic E-state index is 12.3. The molecule has 1 amide bonds. The molecule has 4 nitrogen and oxygen atoms in total. The molecule has 3 N–H and O–H groups in total. The van der Waals surface area contributed by atoms with E-state index in [0.717, 1.165) is 43.5 Å². The summed E-state index contributed by atoms with van der Waals surface area (Å²) >= 11 is 0. The highest BCUT2D eigenvalue weighted by Gasteiger charge is 2.24. The molecule has 0 saturated heterocycles. The van der Waals surface area contributed by atoms with Gasteiger partial charge in [0.25, 0.3) is 0 Å². The maximum atomic E-state index is 12.3. The lowest BCUT2D eigenvalue weighted by Gasteiger charge is -2.35. The van der Waals surface area contributed by atoms with Crippen molar-refractivity contribution in [2.45, 2.75) is 51.6 Å². The van der Waals surface area contributed by atoms with E-state index < -0.39 is 0 Å². The average molecular weight is 289 g/mol. The molecule has 1 aromatic rings. The third kappa shape index (κ3) is 4.55. The molecule has 0 heterocycles. The van der Waals surface area contributed by atoms with Crippen molar-refractivity contribution in [2.24, 2.45) is 5.73 Å². The van der Waals surface area contributed by atoms with Crippen LogP contribution >= 0.6 is 0 Å². The van der Waals surface area contributed by atoms with Gasteiger partial charge in [-0.1, -0.05) is 25.1 Å². The molecule has 0 radical (unpaired) electrons. The molecule has 0 aliphatic heterocycles. The van der Waals surface area contributed by atoms with Gasteiger partial charge < -0.3 is 11.1 Å². The van der Waals surface area contributed by atoms with Crippen LogP contribution in [0, 0.1) is 6.92 Å². The Hall–Kier alpha value is -1.39. The van der Waals surface area contributed by atoms with Crippen molar-refractivity contribution >= 4 is 11.6 Å². The number of rotatable bonds is 5. The number of nitrogens with zero attached hydrogens (tertiary/aromatic N) is 1. The SMILES string of the molecule is CCN(CC(=O)Nc1ccccc1C)C1CCC(N)CC1. The Bertz CT molecular complexity index is 467. The summed E-state index contributed by atoms with van der Waals surface area (Å²) in [5, 5.41) is 3.02. The second kappa shape index (κ2) is 7.57. The molecular weight excluding hydrogens is 262 g/mol. The summed E-state index contributed by atoms with van der Waals surface area (Å²) in [6.45, 7) is 5.50. The second-order valence-electron chi connectivity index (χ2n) is 5.99. The van der Waals surface area contributed by atoms with Crippen molar-refractivity contribution in [3.63, 3.8) is 0 Å². The molecule has 0 aromatic heterocycles. The van der Waals surface area contributed by atoms with Crippen molar-refractivity contribution < 1.29 is 4.79 Å². The highest BCUT2D eigenvalue weighted by Crippen LogP contribution is 2.22. The first-order chi connectivity index (χ1) is 10.1. The zero-order chi connectivity index (χ0) is 15.2. The molecule has 2 rings (SSSR count). The second-order valence-corrected chi connectivity index (χ2v) is 5.99. The van der Waals surface area contributed by atoms with Crippen molar-refractivity contribution in [3.8, 4) is 0 Å². The van der Waals surface area contributed by atoms with Crippen LogP contribution in [0.2, 0.25) is 0 Å². The average Bonchev–Trinajstić information content (AvgIpc) is 2.48. The van der Waals surface area contributed by atoms with Gasteiger partial charge in [0.15, 0.2) is 0 Å². The Labute approximate surface area is 127 Å². The van der Waals surface area contributed by atoms with E-state index in [1.54, 1.807) is 0 Å². The number of carbonyl (C=O) groups excluding carboxylic acids is 1. The number of carbonyl (C=O) groups is 1. The molecular formula is C17H27N3O. The topological polar surface area (TPSA) is 58.4 Å². The van der Waals surface area contributed by atoms with Crippen LogP contribution in [0.25, 0.3) is 0 Å². The summed E-state index contributed by atoms with van der Waals surface area (Å²) in [5.74, 6) is 0.0704. The van der Waals surface area contributed by atoms with Gasteiger partial charge in [-0.15, -0.1) is 0 Å². The van der Waals surface area contributed by atoms with Gasteiger partial charge in [-0.2, -0.15) is 0 Å². The van der Waals surface area contributed by atoms with E-state index in [0.29, 0.717) is 18.6 Å². The summed E-state index contributed by atoms with van der Waals surface area (Å²) in [6.07, 6.45) is 4.35. The van der Waals surface area contributed by atoms with Gasteiger partial charge in [0.05, 0.1) is 6.54 Å². The van der Waals surface area contributed by atoms with Gasteiger partial charge in [0.2, 0.25) is 5.91 Å². The summed E-state index contributed by atoms with van der Waals surface area (Å²) < 4.78 is 0. The van der Waals surface area contributed by atoms with Gasteiger partial charge >= 0.3 is 0 Å². The highest BCUT2D eigenvalue weighted by molar-refractivity contribution is 5.92. The van der Waals surface area contributed by atoms with Gasteiger partial charge in [0, 0.05) is 17.8 Å². The number of para-hydroxylation sites is 1. The minimum Gasteiger partial charge on any atom is -0.328 e. The van der Waals surface area contributed by atoms with E-state index in [4.69, 9.17) is 5.73 Å². The Morgan fingerprint density at radius 1 is 1.29 bits per heavy atom. The summed E-state index contributed by atoms with van der Waals surface area (Å²) in [6, 6.07) is 8.73. The number of hydrogen-bond donors (Lipinski definition) is 2. The van der Waals surface area contributed by atoms with E-state index in [-0.39, 0.29) is 5.91 Å². The van der Waals surface area contributed by atoms with Crippen LogP contribution in [-0.2, 0) is 4.79 Å². The molecule has 1 aliphatic rings. The van der Waals surface area contributed by atoms with Crippen LogP contribution in [0.1, 0.15) is 38.2 Å². The molecule has 116 valence electrons. The molecule has 4 heteroatoms. The molecule has 1 aliphatic carbocycles. The number of nitrogens with two attached hydrogens (primary N) is 1. The first-order valence-electron chi connectivity index (χ1n) is 7.95. The Kier molecular flexibility index (Phi) is 5.76. The van der Waals surface area contributed by atoms with E-state index >= 15 is 0 Å². The van der Waals surface area contributed by atoms with Crippen LogP contribution in [0.3, 0.4) is 0 Å². The van der Waals surface area contributed by atoms with Crippen molar-refractivity contribution in [2.75, 3.05) is 18.4 Å². The Morgan fingerprint density at radius 2 is 1.95 bits per heavy atom. The van der Waals surface area contributed by atoms with E-state index in [2.05, 4.69) is 17.1 Å². The van der Waals surface area contributed by atoms with Gasteiger partial charge in [0.1, 0.15) is 0 Å². The first-order valence-corrected chi connectivity index (χ1v) is 7.95. The van der Waals surface area contributed by atoms with Crippen molar-refractivity contribution in [3.05, 3.63) is 29.8 Å². The number of hydrogen-bond acceptors (Lipinski definition) is 3. The van der Waals surface area contributed by atoms with Gasteiger partial charge in [-0.25, -0.2) is 0 Å². The highest BCUT2D eigenvalue weighted by atomic mass is 16.2. The normalized spacial score (nSPS) is 22.3. The fraction of sp³-hybridized carbons (Fsp3) is 0.588. The minimum absolute atomic E-state index is 0.0704. The lowest BCUT2D eigenvalue weighted by Crippen LogP contribution is -2.44. The van der Waals surface area contributed by atoms with Crippen LogP contribution in [0.5, 0.6) is 0 Å². The lowest BCUT2D eigenvalue weighted by atomic mass is 9.90. The van der Waals surface area contributed by atoms with E-state index in [9.17, 15) is 4.79 Å². The molecule has 0 spiro atoms. The number of anilines is 1.